The van der Waals surface area contributed by atoms with Crippen molar-refractivity contribution in [1.29, 1.82) is 0 Å². The number of aliphatic hydroxyl groups excluding tert-OH is 1. The molecular weight excluding hydrogens is 236 g/mol. The van der Waals surface area contributed by atoms with Gasteiger partial charge in [-0.2, -0.15) is 0 Å². The second-order valence-electron chi connectivity index (χ2n) is 5.99. The minimum atomic E-state index is -0.348. The molecule has 0 amide bonds. The molecule has 0 saturated heterocycles. The van der Waals surface area contributed by atoms with Gasteiger partial charge in [0.15, 0.2) is 0 Å². The van der Waals surface area contributed by atoms with Crippen molar-refractivity contribution in [3.63, 3.8) is 0 Å². The van der Waals surface area contributed by atoms with Crippen LogP contribution in [-0.4, -0.2) is 11.2 Å². The molecule has 1 aliphatic rings. The van der Waals surface area contributed by atoms with Crippen molar-refractivity contribution < 1.29 is 9.84 Å². The summed E-state index contributed by atoms with van der Waals surface area (Å²) in [6.07, 6.45) is 7.29. The van der Waals surface area contributed by atoms with Crippen LogP contribution in [0, 0.1) is 5.92 Å². The normalized spacial score (nSPS) is 18.5. The summed E-state index contributed by atoms with van der Waals surface area (Å²) in [5.41, 5.74) is 0.990. The lowest BCUT2D eigenvalue weighted by atomic mass is 9.84. The van der Waals surface area contributed by atoms with Crippen molar-refractivity contribution in [2.45, 2.75) is 64.6 Å². The van der Waals surface area contributed by atoms with Gasteiger partial charge in [-0.15, -0.1) is 0 Å². The van der Waals surface area contributed by atoms with E-state index in [0.717, 1.165) is 17.7 Å². The lowest BCUT2D eigenvalue weighted by molar-refractivity contribution is 0.130. The van der Waals surface area contributed by atoms with E-state index >= 15 is 0 Å². The molecule has 0 radical (unpaired) electrons. The Bertz CT molecular complexity index is 381. The molecule has 2 rings (SSSR count). The molecule has 2 nitrogen and oxygen atoms in total. The van der Waals surface area contributed by atoms with Crippen LogP contribution in [0.25, 0.3) is 0 Å². The molecule has 1 aliphatic carbocycles. The van der Waals surface area contributed by atoms with Gasteiger partial charge in [0.25, 0.3) is 0 Å². The van der Waals surface area contributed by atoms with E-state index < -0.39 is 0 Å². The van der Waals surface area contributed by atoms with E-state index in [-0.39, 0.29) is 12.2 Å². The Labute approximate surface area is 116 Å². The van der Waals surface area contributed by atoms with Crippen molar-refractivity contribution >= 4 is 0 Å². The van der Waals surface area contributed by atoms with E-state index in [2.05, 4.69) is 0 Å². The van der Waals surface area contributed by atoms with E-state index in [1.165, 1.54) is 32.1 Å². The first-order valence-corrected chi connectivity index (χ1v) is 7.60. The fraction of sp³-hybridized carbons (Fsp3) is 0.647. The van der Waals surface area contributed by atoms with Gasteiger partial charge in [-0.25, -0.2) is 0 Å². The van der Waals surface area contributed by atoms with Crippen molar-refractivity contribution in [2.24, 2.45) is 5.92 Å². The summed E-state index contributed by atoms with van der Waals surface area (Å²) in [4.78, 5) is 0. The van der Waals surface area contributed by atoms with Crippen LogP contribution in [0.15, 0.2) is 24.3 Å². The SMILES string of the molecule is CC(C)Oc1cccc(C(O)CC2CCCCC2)c1. The predicted molar refractivity (Wildman–Crippen MR) is 78.4 cm³/mol. The van der Waals surface area contributed by atoms with Crippen LogP contribution >= 0.6 is 0 Å². The van der Waals surface area contributed by atoms with Gasteiger partial charge in [0.2, 0.25) is 0 Å². The first-order chi connectivity index (χ1) is 9.15. The average Bonchev–Trinajstić information content (AvgIpc) is 2.39. The quantitative estimate of drug-likeness (QED) is 0.848. The standard InChI is InChI=1S/C17H26O2/c1-13(2)19-16-10-6-9-15(12-16)17(18)11-14-7-4-3-5-8-14/h6,9-10,12-14,17-18H,3-5,7-8,11H2,1-2H3. The number of benzene rings is 1. The Balaban J connectivity index is 1.95. The number of hydrogen-bond acceptors (Lipinski definition) is 2. The number of aliphatic hydroxyl groups is 1. The molecule has 1 saturated carbocycles. The molecule has 1 atom stereocenters. The molecule has 0 spiro atoms. The maximum Gasteiger partial charge on any atom is 0.120 e. The van der Waals surface area contributed by atoms with Crippen LogP contribution in [-0.2, 0) is 0 Å². The van der Waals surface area contributed by atoms with Gasteiger partial charge in [-0.05, 0) is 43.9 Å². The van der Waals surface area contributed by atoms with Gasteiger partial charge in [-0.1, -0.05) is 44.2 Å². The van der Waals surface area contributed by atoms with Gasteiger partial charge < -0.3 is 9.84 Å². The highest BCUT2D eigenvalue weighted by Crippen LogP contribution is 2.32. The summed E-state index contributed by atoms with van der Waals surface area (Å²) in [5.74, 6) is 1.55. The third kappa shape index (κ3) is 4.54. The molecule has 106 valence electrons. The predicted octanol–water partition coefficient (Wildman–Crippen LogP) is 4.48. The lowest BCUT2D eigenvalue weighted by Gasteiger charge is -2.24. The number of ether oxygens (including phenoxy) is 1. The molecule has 0 aromatic heterocycles. The number of rotatable bonds is 5. The van der Waals surface area contributed by atoms with Crippen LogP contribution in [0.1, 0.15) is 64.0 Å². The fourth-order valence-corrected chi connectivity index (χ4v) is 2.94. The smallest absolute Gasteiger partial charge is 0.120 e. The van der Waals surface area contributed by atoms with Crippen molar-refractivity contribution in [1.82, 2.24) is 0 Å². The third-order valence-electron chi connectivity index (χ3n) is 3.90. The summed E-state index contributed by atoms with van der Waals surface area (Å²) < 4.78 is 5.68. The molecule has 0 bridgehead atoms. The Hall–Kier alpha value is -1.02. The molecular formula is C17H26O2. The van der Waals surface area contributed by atoms with Crippen LogP contribution in [0.4, 0.5) is 0 Å². The maximum absolute atomic E-state index is 10.4. The van der Waals surface area contributed by atoms with E-state index in [4.69, 9.17) is 4.74 Å². The summed E-state index contributed by atoms with van der Waals surface area (Å²) >= 11 is 0. The fourth-order valence-electron chi connectivity index (χ4n) is 2.94. The third-order valence-corrected chi connectivity index (χ3v) is 3.90. The number of hydrogen-bond donors (Lipinski definition) is 1. The molecule has 1 N–H and O–H groups in total. The highest BCUT2D eigenvalue weighted by atomic mass is 16.5. The molecule has 1 aromatic carbocycles. The van der Waals surface area contributed by atoms with Gasteiger partial charge in [0.05, 0.1) is 12.2 Å². The molecule has 0 aliphatic heterocycles. The zero-order valence-corrected chi connectivity index (χ0v) is 12.1. The van der Waals surface area contributed by atoms with Crippen LogP contribution in [0.2, 0.25) is 0 Å². The molecule has 19 heavy (non-hydrogen) atoms. The monoisotopic (exact) mass is 262 g/mol. The highest BCUT2D eigenvalue weighted by molar-refractivity contribution is 5.30. The summed E-state index contributed by atoms with van der Waals surface area (Å²) in [5, 5.41) is 10.4. The van der Waals surface area contributed by atoms with Gasteiger partial charge in [-0.3, -0.25) is 0 Å². The first kappa shape index (κ1) is 14.4. The lowest BCUT2D eigenvalue weighted by Crippen LogP contribution is -2.11. The topological polar surface area (TPSA) is 29.5 Å². The second kappa shape index (κ2) is 6.95. The molecule has 1 unspecified atom stereocenters. The van der Waals surface area contributed by atoms with E-state index in [0.29, 0.717) is 5.92 Å². The molecule has 0 heterocycles. The maximum atomic E-state index is 10.4. The summed E-state index contributed by atoms with van der Waals surface area (Å²) in [6, 6.07) is 7.90. The zero-order valence-electron chi connectivity index (χ0n) is 12.1. The highest BCUT2D eigenvalue weighted by Gasteiger charge is 2.18. The van der Waals surface area contributed by atoms with Gasteiger partial charge in [0, 0.05) is 0 Å². The van der Waals surface area contributed by atoms with E-state index in [1.807, 2.05) is 38.1 Å². The molecule has 1 fully saturated rings. The van der Waals surface area contributed by atoms with Crippen molar-refractivity contribution in [3.05, 3.63) is 29.8 Å². The van der Waals surface area contributed by atoms with Gasteiger partial charge in [0.1, 0.15) is 5.75 Å². The Kier molecular flexibility index (Phi) is 5.26. The van der Waals surface area contributed by atoms with Crippen molar-refractivity contribution in [2.75, 3.05) is 0 Å². The van der Waals surface area contributed by atoms with E-state index in [9.17, 15) is 5.11 Å². The Morgan fingerprint density at radius 3 is 2.63 bits per heavy atom. The van der Waals surface area contributed by atoms with Crippen molar-refractivity contribution in [3.8, 4) is 5.75 Å². The summed E-state index contributed by atoms with van der Waals surface area (Å²) in [7, 11) is 0. The molecule has 1 aromatic rings. The van der Waals surface area contributed by atoms with Gasteiger partial charge >= 0.3 is 0 Å². The van der Waals surface area contributed by atoms with Crippen LogP contribution in [0.5, 0.6) is 5.75 Å². The average molecular weight is 262 g/mol. The van der Waals surface area contributed by atoms with Crippen LogP contribution in [0.3, 0.4) is 0 Å². The Morgan fingerprint density at radius 1 is 1.21 bits per heavy atom. The zero-order chi connectivity index (χ0) is 13.7. The largest absolute Gasteiger partial charge is 0.491 e. The van der Waals surface area contributed by atoms with Crippen LogP contribution < -0.4 is 4.74 Å². The first-order valence-electron chi connectivity index (χ1n) is 7.60. The summed E-state index contributed by atoms with van der Waals surface area (Å²) in [6.45, 7) is 4.04. The second-order valence-corrected chi connectivity index (χ2v) is 5.99. The minimum Gasteiger partial charge on any atom is -0.491 e. The Morgan fingerprint density at radius 2 is 1.95 bits per heavy atom. The molecule has 2 heteroatoms. The minimum absolute atomic E-state index is 0.172. The van der Waals surface area contributed by atoms with E-state index in [1.54, 1.807) is 0 Å².